The minimum absolute atomic E-state index is 0.0403. The third kappa shape index (κ3) is 4.67. The molecule has 3 aliphatic carbocycles. The second kappa shape index (κ2) is 12.3. The molecule has 6 atom stereocenters. The molecule has 1 saturated heterocycles. The van der Waals surface area contributed by atoms with Crippen LogP contribution in [0, 0.1) is 23.7 Å². The molecule has 248 valence electrons. The van der Waals surface area contributed by atoms with Crippen LogP contribution in [0.5, 0.6) is 5.75 Å². The molecule has 0 aromatic heterocycles. The van der Waals surface area contributed by atoms with Crippen LogP contribution in [-0.2, 0) is 31.0 Å². The maximum Gasteiger partial charge on any atom is 0.238 e. The molecule has 7 heteroatoms. The third-order valence-electron chi connectivity index (χ3n) is 11.3. The van der Waals surface area contributed by atoms with Gasteiger partial charge in [-0.3, -0.25) is 24.1 Å². The Balaban J connectivity index is 1.38. The predicted molar refractivity (Wildman–Crippen MR) is 195 cm³/mol. The molecule has 1 saturated carbocycles. The van der Waals surface area contributed by atoms with Gasteiger partial charge in [-0.2, -0.15) is 0 Å². The number of hydrogen-bond acceptors (Lipinski definition) is 5. The molecule has 2 amide bonds. The standard InChI is InChI=1S/C43H34BrNO5/c1-2-10-26-13-9-16-32(39(26)47)38-30-21-22-31-37(42(50)45(41(31)49)29-19-17-28(44)18-20-29)34(30)23-35-40(48)33(25-11-5-3-6-12-25)24-36(46)43(35,38)27-14-7-4-8-15-27/h2-9,11-21,24,31,34-35,37-38,47H,1,10,22-23H2/t31-,34+,35-,37-,38+,43-/m0/s1. The highest BCUT2D eigenvalue weighted by Crippen LogP contribution is 2.64. The van der Waals surface area contributed by atoms with Crippen LogP contribution in [0.2, 0.25) is 0 Å². The number of hydrogen-bond donors (Lipinski definition) is 1. The van der Waals surface area contributed by atoms with Crippen molar-refractivity contribution in [3.8, 4) is 5.75 Å². The molecule has 4 aromatic carbocycles. The minimum Gasteiger partial charge on any atom is -0.507 e. The summed E-state index contributed by atoms with van der Waals surface area (Å²) in [4.78, 5) is 60.1. The van der Waals surface area contributed by atoms with E-state index in [9.17, 15) is 14.7 Å². The molecule has 2 fully saturated rings. The number of phenols is 1. The van der Waals surface area contributed by atoms with E-state index in [1.54, 1.807) is 30.3 Å². The Morgan fingerprint density at radius 1 is 0.840 bits per heavy atom. The van der Waals surface area contributed by atoms with E-state index in [1.807, 2.05) is 84.9 Å². The fraction of sp³-hybridized carbons (Fsp3) is 0.209. The number of carbonyl (C=O) groups is 4. The van der Waals surface area contributed by atoms with Crippen molar-refractivity contribution in [2.45, 2.75) is 30.6 Å². The first-order valence-electron chi connectivity index (χ1n) is 16.9. The first-order valence-corrected chi connectivity index (χ1v) is 17.7. The first-order chi connectivity index (χ1) is 24.3. The van der Waals surface area contributed by atoms with Gasteiger partial charge in [-0.1, -0.05) is 113 Å². The van der Waals surface area contributed by atoms with Crippen LogP contribution in [0.25, 0.3) is 5.57 Å². The summed E-state index contributed by atoms with van der Waals surface area (Å²) in [6.07, 6.45) is 6.13. The fourth-order valence-corrected chi connectivity index (χ4v) is 9.49. The van der Waals surface area contributed by atoms with Crippen molar-refractivity contribution in [1.29, 1.82) is 0 Å². The molecular formula is C43H34BrNO5. The van der Waals surface area contributed by atoms with E-state index in [-0.39, 0.29) is 35.6 Å². The Labute approximate surface area is 299 Å². The first kappa shape index (κ1) is 32.1. The highest BCUT2D eigenvalue weighted by Gasteiger charge is 2.66. The van der Waals surface area contributed by atoms with E-state index in [0.717, 1.165) is 10.0 Å². The Bertz CT molecular complexity index is 2140. The average molecular weight is 725 g/mol. The Morgan fingerprint density at radius 2 is 1.54 bits per heavy atom. The lowest BCUT2D eigenvalue weighted by atomic mass is 9.44. The van der Waals surface area contributed by atoms with E-state index in [1.165, 1.54) is 11.0 Å². The summed E-state index contributed by atoms with van der Waals surface area (Å²) in [5.41, 5.74) is 2.73. The molecule has 8 rings (SSSR count). The number of imide groups is 1. The molecule has 0 bridgehead atoms. The highest BCUT2D eigenvalue weighted by atomic mass is 79.9. The number of phenolic OH excluding ortho intramolecular Hbond substituents is 1. The molecule has 4 aliphatic rings. The largest absolute Gasteiger partial charge is 0.507 e. The molecule has 1 aliphatic heterocycles. The number of carbonyl (C=O) groups excluding carboxylic acids is 4. The number of nitrogens with zero attached hydrogens (tertiary/aromatic N) is 1. The second-order valence-electron chi connectivity index (χ2n) is 13.6. The number of Topliss-reactive ketones (excluding diaryl/α,β-unsaturated/α-hetero) is 1. The molecule has 6 nitrogen and oxygen atoms in total. The van der Waals surface area contributed by atoms with Gasteiger partial charge in [-0.15, -0.1) is 6.58 Å². The summed E-state index contributed by atoms with van der Waals surface area (Å²) >= 11 is 3.44. The summed E-state index contributed by atoms with van der Waals surface area (Å²) in [5, 5.41) is 12.0. The topological polar surface area (TPSA) is 91.8 Å². The van der Waals surface area contributed by atoms with Crippen LogP contribution in [0.3, 0.4) is 0 Å². The predicted octanol–water partition coefficient (Wildman–Crippen LogP) is 7.91. The quantitative estimate of drug-likeness (QED) is 0.161. The summed E-state index contributed by atoms with van der Waals surface area (Å²) < 4.78 is 0.829. The molecule has 0 unspecified atom stereocenters. The SMILES string of the molecule is C=CCc1cccc([C@H]2C3=CC[C@@H]4C(=O)N(c5ccc(Br)cc5)C(=O)[C@@H]4[C@@H]3C[C@H]3C(=O)C(c4ccccc4)=CC(=O)[C@@]23c2ccccc2)c1O. The Morgan fingerprint density at radius 3 is 2.24 bits per heavy atom. The summed E-state index contributed by atoms with van der Waals surface area (Å²) in [5.74, 6) is -4.46. The Kier molecular flexibility index (Phi) is 7.91. The summed E-state index contributed by atoms with van der Waals surface area (Å²) in [6, 6.07) is 31.2. The normalized spacial score (nSPS) is 27.2. The lowest BCUT2D eigenvalue weighted by Gasteiger charge is -2.55. The van der Waals surface area contributed by atoms with Gasteiger partial charge in [0.15, 0.2) is 11.6 Å². The van der Waals surface area contributed by atoms with Crippen LogP contribution in [0.1, 0.15) is 41.0 Å². The van der Waals surface area contributed by atoms with Gasteiger partial charge in [-0.05, 0) is 72.2 Å². The molecule has 1 heterocycles. The summed E-state index contributed by atoms with van der Waals surface area (Å²) in [6.45, 7) is 3.87. The van der Waals surface area contributed by atoms with Crippen molar-refractivity contribution in [2.24, 2.45) is 23.7 Å². The van der Waals surface area contributed by atoms with Gasteiger partial charge in [0.2, 0.25) is 11.8 Å². The molecule has 1 N–H and O–H groups in total. The number of rotatable bonds is 6. The zero-order valence-electron chi connectivity index (χ0n) is 27.2. The van der Waals surface area contributed by atoms with Gasteiger partial charge in [-0.25, -0.2) is 0 Å². The maximum absolute atomic E-state index is 15.2. The number of halogens is 1. The number of benzene rings is 4. The number of aromatic hydroxyl groups is 1. The van der Waals surface area contributed by atoms with Crippen molar-refractivity contribution < 1.29 is 24.3 Å². The van der Waals surface area contributed by atoms with Gasteiger partial charge in [0.25, 0.3) is 0 Å². The molecule has 0 radical (unpaired) electrons. The van der Waals surface area contributed by atoms with Crippen molar-refractivity contribution in [2.75, 3.05) is 4.90 Å². The van der Waals surface area contributed by atoms with Crippen LogP contribution in [-0.4, -0.2) is 28.5 Å². The number of para-hydroxylation sites is 1. The summed E-state index contributed by atoms with van der Waals surface area (Å²) in [7, 11) is 0. The maximum atomic E-state index is 15.2. The molecule has 50 heavy (non-hydrogen) atoms. The third-order valence-corrected chi connectivity index (χ3v) is 11.8. The minimum atomic E-state index is -1.41. The smallest absolute Gasteiger partial charge is 0.238 e. The molecule has 4 aromatic rings. The van der Waals surface area contributed by atoms with Crippen LogP contribution < -0.4 is 4.90 Å². The van der Waals surface area contributed by atoms with E-state index < -0.39 is 35.0 Å². The average Bonchev–Trinajstić information content (AvgIpc) is 3.40. The van der Waals surface area contributed by atoms with E-state index in [2.05, 4.69) is 22.5 Å². The van der Waals surface area contributed by atoms with Crippen molar-refractivity contribution >= 4 is 50.6 Å². The van der Waals surface area contributed by atoms with Crippen molar-refractivity contribution in [3.05, 3.63) is 160 Å². The zero-order valence-corrected chi connectivity index (χ0v) is 28.8. The van der Waals surface area contributed by atoms with Crippen LogP contribution >= 0.6 is 15.9 Å². The fourth-order valence-electron chi connectivity index (χ4n) is 9.23. The molecular weight excluding hydrogens is 690 g/mol. The highest BCUT2D eigenvalue weighted by molar-refractivity contribution is 9.10. The van der Waals surface area contributed by atoms with E-state index in [4.69, 9.17) is 0 Å². The lowest BCUT2D eigenvalue weighted by molar-refractivity contribution is -0.135. The number of ketones is 2. The van der Waals surface area contributed by atoms with E-state index >= 15 is 9.59 Å². The monoisotopic (exact) mass is 723 g/mol. The van der Waals surface area contributed by atoms with Crippen molar-refractivity contribution in [3.63, 3.8) is 0 Å². The van der Waals surface area contributed by atoms with Gasteiger partial charge in [0.1, 0.15) is 5.75 Å². The van der Waals surface area contributed by atoms with Gasteiger partial charge in [0.05, 0.1) is 22.9 Å². The van der Waals surface area contributed by atoms with Gasteiger partial charge >= 0.3 is 0 Å². The Hall–Kier alpha value is -5.14. The van der Waals surface area contributed by atoms with Crippen LogP contribution in [0.15, 0.2) is 138 Å². The van der Waals surface area contributed by atoms with E-state index in [0.29, 0.717) is 46.4 Å². The second-order valence-corrected chi connectivity index (χ2v) is 14.5. The molecule has 0 spiro atoms. The number of fused-ring (bicyclic) bond motifs is 4. The number of allylic oxidation sites excluding steroid dienone is 5. The zero-order chi connectivity index (χ0) is 34.7. The van der Waals surface area contributed by atoms with Gasteiger partial charge < -0.3 is 5.11 Å². The van der Waals surface area contributed by atoms with Gasteiger partial charge in [0, 0.05) is 27.4 Å². The van der Waals surface area contributed by atoms with Crippen molar-refractivity contribution in [1.82, 2.24) is 0 Å². The lowest BCUT2D eigenvalue weighted by Crippen LogP contribution is -2.58. The number of amides is 2. The number of anilines is 1. The van der Waals surface area contributed by atoms with Crippen LogP contribution in [0.4, 0.5) is 5.69 Å².